The molecule has 30 heavy (non-hydrogen) atoms. The van der Waals surface area contributed by atoms with E-state index in [-0.39, 0.29) is 24.8 Å². The molecule has 3 heterocycles. The Kier molecular flexibility index (Phi) is 4.91. The molecule has 0 radical (unpaired) electrons. The number of hydrogen-bond donors (Lipinski definition) is 1. The normalized spacial score (nSPS) is 25.8. The van der Waals surface area contributed by atoms with Crippen LogP contribution in [0.4, 0.5) is 4.79 Å². The van der Waals surface area contributed by atoms with Crippen molar-refractivity contribution < 1.29 is 14.6 Å². The molecular formula is C25H26N2O3. The third-order valence-corrected chi connectivity index (χ3v) is 6.56. The van der Waals surface area contributed by atoms with Gasteiger partial charge in [0.25, 0.3) is 0 Å². The van der Waals surface area contributed by atoms with E-state index in [1.54, 1.807) is 6.20 Å². The third-order valence-electron chi connectivity index (χ3n) is 6.56. The Hall–Kier alpha value is -2.92. The largest absolute Gasteiger partial charge is 0.445 e. The van der Waals surface area contributed by atoms with Crippen molar-refractivity contribution in [1.82, 2.24) is 9.88 Å². The first-order valence-electron chi connectivity index (χ1n) is 10.7. The van der Waals surface area contributed by atoms with Crippen molar-refractivity contribution >= 4 is 17.0 Å². The fourth-order valence-corrected chi connectivity index (χ4v) is 5.22. The van der Waals surface area contributed by atoms with Gasteiger partial charge in [0.15, 0.2) is 0 Å². The molecule has 1 aromatic heterocycles. The van der Waals surface area contributed by atoms with Gasteiger partial charge in [-0.1, -0.05) is 54.6 Å². The molecule has 154 valence electrons. The molecule has 5 nitrogen and oxygen atoms in total. The lowest BCUT2D eigenvalue weighted by molar-refractivity contribution is -0.0889. The summed E-state index contributed by atoms with van der Waals surface area (Å²) in [6.45, 7) is 0.271. The summed E-state index contributed by atoms with van der Waals surface area (Å²) >= 11 is 0. The summed E-state index contributed by atoms with van der Waals surface area (Å²) in [5.41, 5.74) is 1.71. The van der Waals surface area contributed by atoms with Gasteiger partial charge in [-0.15, -0.1) is 0 Å². The molecule has 0 saturated carbocycles. The molecular weight excluding hydrogens is 376 g/mol. The number of benzene rings is 2. The van der Waals surface area contributed by atoms with Gasteiger partial charge in [0.05, 0.1) is 11.1 Å². The Bertz CT molecular complexity index is 1030. The molecule has 3 aromatic rings. The lowest BCUT2D eigenvalue weighted by atomic mass is 9.72. The zero-order valence-corrected chi connectivity index (χ0v) is 16.9. The number of aromatic nitrogens is 1. The number of ether oxygens (including phenoxy) is 1. The molecule has 0 aliphatic carbocycles. The summed E-state index contributed by atoms with van der Waals surface area (Å²) in [7, 11) is 0. The Morgan fingerprint density at radius 2 is 1.77 bits per heavy atom. The van der Waals surface area contributed by atoms with Crippen molar-refractivity contribution in [2.75, 3.05) is 0 Å². The first kappa shape index (κ1) is 19.1. The highest BCUT2D eigenvalue weighted by atomic mass is 16.6. The summed E-state index contributed by atoms with van der Waals surface area (Å²) in [6.07, 6.45) is 5.37. The Morgan fingerprint density at radius 1 is 1.03 bits per heavy atom. The first-order valence-corrected chi connectivity index (χ1v) is 10.7. The summed E-state index contributed by atoms with van der Waals surface area (Å²) < 4.78 is 5.64. The van der Waals surface area contributed by atoms with Crippen LogP contribution < -0.4 is 0 Å². The monoisotopic (exact) mass is 402 g/mol. The number of aliphatic hydroxyl groups is 1. The minimum absolute atomic E-state index is 0.0234. The first-order chi connectivity index (χ1) is 14.6. The van der Waals surface area contributed by atoms with Crippen molar-refractivity contribution in [3.8, 4) is 0 Å². The molecule has 2 saturated heterocycles. The van der Waals surface area contributed by atoms with E-state index in [1.165, 1.54) is 0 Å². The fourth-order valence-electron chi connectivity index (χ4n) is 5.22. The minimum Gasteiger partial charge on any atom is -0.445 e. The molecule has 5 rings (SSSR count). The maximum absolute atomic E-state index is 13.0. The van der Waals surface area contributed by atoms with Gasteiger partial charge >= 0.3 is 6.09 Å². The van der Waals surface area contributed by atoms with Crippen LogP contribution in [-0.2, 0) is 16.9 Å². The topological polar surface area (TPSA) is 62.7 Å². The number of rotatable bonds is 3. The van der Waals surface area contributed by atoms with Gasteiger partial charge in [-0.25, -0.2) is 4.79 Å². The number of amides is 1. The minimum atomic E-state index is -0.986. The van der Waals surface area contributed by atoms with Crippen LogP contribution in [0.3, 0.4) is 0 Å². The highest BCUT2D eigenvalue weighted by Crippen LogP contribution is 2.45. The van der Waals surface area contributed by atoms with Gasteiger partial charge in [-0.3, -0.25) is 4.98 Å². The Balaban J connectivity index is 1.38. The van der Waals surface area contributed by atoms with Crippen molar-refractivity contribution in [1.29, 1.82) is 0 Å². The number of carbonyl (C=O) groups excluding carboxylic acids is 1. The molecule has 1 amide bonds. The third kappa shape index (κ3) is 3.43. The van der Waals surface area contributed by atoms with Crippen molar-refractivity contribution in [3.05, 3.63) is 78.0 Å². The average Bonchev–Trinajstić information content (AvgIpc) is 2.77. The highest BCUT2D eigenvalue weighted by molar-refractivity contribution is 5.82. The van der Waals surface area contributed by atoms with Crippen LogP contribution >= 0.6 is 0 Å². The molecule has 2 fully saturated rings. The summed E-state index contributed by atoms with van der Waals surface area (Å²) in [5, 5.41) is 12.8. The molecule has 2 aliphatic heterocycles. The standard InChI is InChI=1S/C25H26N2O3/c28-24(30-17-18-7-2-1-3-8-18)27-20-11-5-12-21(27)16-25(29,15-20)22-13-4-9-19-10-6-14-26-23(19)22/h1-4,6-10,13-14,20-21,29H,5,11-12,15-17H2. The van der Waals surface area contributed by atoms with Crippen LogP contribution in [-0.4, -0.2) is 33.2 Å². The van der Waals surface area contributed by atoms with E-state index in [9.17, 15) is 9.90 Å². The van der Waals surface area contributed by atoms with Crippen molar-refractivity contribution in [3.63, 3.8) is 0 Å². The van der Waals surface area contributed by atoms with Gasteiger partial charge in [0.1, 0.15) is 6.61 Å². The number of carbonyl (C=O) groups is 1. The number of nitrogens with zero attached hydrogens (tertiary/aromatic N) is 2. The number of piperidine rings is 2. The summed E-state index contributed by atoms with van der Waals surface area (Å²) in [5.74, 6) is 0. The lowest BCUT2D eigenvalue weighted by Crippen LogP contribution is -2.59. The van der Waals surface area contributed by atoms with E-state index in [0.29, 0.717) is 12.8 Å². The van der Waals surface area contributed by atoms with Crippen LogP contribution in [0, 0.1) is 0 Å². The molecule has 5 heteroatoms. The molecule has 2 unspecified atom stereocenters. The molecule has 2 bridgehead atoms. The molecule has 2 aliphatic rings. The quantitative estimate of drug-likeness (QED) is 0.685. The van der Waals surface area contributed by atoms with Gasteiger partial charge in [0, 0.05) is 42.1 Å². The predicted molar refractivity (Wildman–Crippen MR) is 115 cm³/mol. The van der Waals surface area contributed by atoms with E-state index in [0.717, 1.165) is 41.3 Å². The van der Waals surface area contributed by atoms with Crippen LogP contribution in [0.1, 0.15) is 43.2 Å². The molecule has 2 aromatic carbocycles. The molecule has 1 N–H and O–H groups in total. The van der Waals surface area contributed by atoms with E-state index >= 15 is 0 Å². The number of pyridine rings is 1. The number of fused-ring (bicyclic) bond motifs is 3. The van der Waals surface area contributed by atoms with E-state index in [4.69, 9.17) is 4.74 Å². The summed E-state index contributed by atoms with van der Waals surface area (Å²) in [4.78, 5) is 19.4. The molecule has 0 spiro atoms. The van der Waals surface area contributed by atoms with Crippen molar-refractivity contribution in [2.45, 2.75) is 56.4 Å². The maximum atomic E-state index is 13.0. The maximum Gasteiger partial charge on any atom is 0.410 e. The second kappa shape index (κ2) is 7.73. The van der Waals surface area contributed by atoms with E-state index < -0.39 is 5.60 Å². The lowest BCUT2D eigenvalue weighted by Gasteiger charge is -2.51. The Morgan fingerprint density at radius 3 is 2.53 bits per heavy atom. The Labute approximate surface area is 176 Å². The van der Waals surface area contributed by atoms with Gasteiger partial charge < -0.3 is 14.7 Å². The second-order valence-electron chi connectivity index (χ2n) is 8.51. The smallest absolute Gasteiger partial charge is 0.410 e. The van der Waals surface area contributed by atoms with Gasteiger partial charge in [-0.2, -0.15) is 0 Å². The van der Waals surface area contributed by atoms with E-state index in [1.807, 2.05) is 65.6 Å². The zero-order valence-electron chi connectivity index (χ0n) is 16.9. The van der Waals surface area contributed by atoms with Crippen LogP contribution in [0.25, 0.3) is 10.9 Å². The average molecular weight is 402 g/mol. The zero-order chi connectivity index (χ0) is 20.6. The number of para-hydroxylation sites is 1. The van der Waals surface area contributed by atoms with Crippen molar-refractivity contribution in [2.24, 2.45) is 0 Å². The van der Waals surface area contributed by atoms with Gasteiger partial charge in [0.2, 0.25) is 0 Å². The highest BCUT2D eigenvalue weighted by Gasteiger charge is 2.49. The predicted octanol–water partition coefficient (Wildman–Crippen LogP) is 4.78. The van der Waals surface area contributed by atoms with Gasteiger partial charge in [-0.05, 0) is 30.9 Å². The molecule has 2 atom stereocenters. The van der Waals surface area contributed by atoms with Crippen LogP contribution in [0.5, 0.6) is 0 Å². The SMILES string of the molecule is O=C(OCc1ccccc1)N1C2CCCC1CC(O)(c1cccc3cccnc13)C2. The van der Waals surface area contributed by atoms with Crippen LogP contribution in [0.15, 0.2) is 66.9 Å². The summed E-state index contributed by atoms with van der Waals surface area (Å²) in [6, 6.07) is 19.6. The second-order valence-corrected chi connectivity index (χ2v) is 8.51. The van der Waals surface area contributed by atoms with E-state index in [2.05, 4.69) is 4.98 Å². The number of hydrogen-bond acceptors (Lipinski definition) is 4. The van der Waals surface area contributed by atoms with Crippen LogP contribution in [0.2, 0.25) is 0 Å². The fraction of sp³-hybridized carbons (Fsp3) is 0.360.